The van der Waals surface area contributed by atoms with E-state index in [2.05, 4.69) is 17.0 Å². The number of carboxylic acid groups (broad SMARTS) is 1. The molecule has 188 valence electrons. The Kier molecular flexibility index (Phi) is 9.50. The van der Waals surface area contributed by atoms with Gasteiger partial charge in [0.15, 0.2) is 5.75 Å². The van der Waals surface area contributed by atoms with Crippen molar-refractivity contribution in [2.24, 2.45) is 5.92 Å². The summed E-state index contributed by atoms with van der Waals surface area (Å²) in [7, 11) is 1.79. The summed E-state index contributed by atoms with van der Waals surface area (Å²) in [5, 5.41) is 16.1. The summed E-state index contributed by atoms with van der Waals surface area (Å²) < 4.78 is 6.97. The SMILES string of the molecule is C=C(NC)/C(=C\C(Oc1c(Cl)cc(-n2nc(CC(=O)O)c(=O)[nH]c2=O)cc1Cl)=C(/C)CC)C(C)C. The number of carbonyl (C=O) groups is 1. The predicted octanol–water partition coefficient (Wildman–Crippen LogP) is 4.23. The van der Waals surface area contributed by atoms with Crippen LogP contribution in [-0.4, -0.2) is 32.9 Å². The lowest BCUT2D eigenvalue weighted by Crippen LogP contribution is -2.34. The van der Waals surface area contributed by atoms with Crippen LogP contribution in [0.15, 0.2) is 57.0 Å². The van der Waals surface area contributed by atoms with E-state index in [0.29, 0.717) is 12.2 Å². The molecule has 2 aromatic rings. The molecule has 9 nitrogen and oxygen atoms in total. The lowest BCUT2D eigenvalue weighted by Gasteiger charge is -2.18. The molecule has 0 aliphatic rings. The Bertz CT molecular complexity index is 1300. The molecule has 1 aromatic carbocycles. The highest BCUT2D eigenvalue weighted by Crippen LogP contribution is 2.37. The van der Waals surface area contributed by atoms with Gasteiger partial charge in [0.2, 0.25) is 0 Å². The Balaban J connectivity index is 2.59. The lowest BCUT2D eigenvalue weighted by molar-refractivity contribution is -0.136. The molecule has 0 saturated carbocycles. The van der Waals surface area contributed by atoms with E-state index < -0.39 is 23.6 Å². The number of nitrogens with one attached hydrogen (secondary N) is 2. The normalized spacial score (nSPS) is 12.4. The summed E-state index contributed by atoms with van der Waals surface area (Å²) >= 11 is 13.0. The van der Waals surface area contributed by atoms with Crippen LogP contribution in [-0.2, 0) is 11.2 Å². The van der Waals surface area contributed by atoms with Gasteiger partial charge in [-0.25, -0.2) is 4.79 Å². The number of aliphatic carboxylic acids is 1. The molecule has 3 N–H and O–H groups in total. The molecule has 0 aliphatic heterocycles. The molecular formula is C24H28Cl2N4O5. The fraction of sp³-hybridized carbons (Fsp3) is 0.333. The number of aromatic amines is 1. The number of H-pyrrole nitrogens is 1. The first-order chi connectivity index (χ1) is 16.4. The van der Waals surface area contributed by atoms with Gasteiger partial charge in [0.25, 0.3) is 5.56 Å². The molecule has 0 unspecified atom stereocenters. The third-order valence-corrected chi connectivity index (χ3v) is 5.73. The first-order valence-corrected chi connectivity index (χ1v) is 11.5. The Labute approximate surface area is 212 Å². The number of carboxylic acids is 1. The van der Waals surface area contributed by atoms with Crippen molar-refractivity contribution in [3.05, 3.63) is 84.0 Å². The number of likely N-dealkylation sites (N-methyl/N-ethyl adjacent to an activating group) is 1. The van der Waals surface area contributed by atoms with Gasteiger partial charge in [0.05, 0.1) is 22.2 Å². The number of allylic oxidation sites excluding steroid dienone is 3. The van der Waals surface area contributed by atoms with Crippen LogP contribution in [0.5, 0.6) is 5.75 Å². The number of aromatic nitrogens is 3. The van der Waals surface area contributed by atoms with Crippen LogP contribution in [0, 0.1) is 5.92 Å². The first-order valence-electron chi connectivity index (χ1n) is 10.8. The molecule has 0 spiro atoms. The highest BCUT2D eigenvalue weighted by Gasteiger charge is 2.18. The number of nitrogens with zero attached hydrogens (tertiary/aromatic N) is 2. The van der Waals surface area contributed by atoms with Gasteiger partial charge in [-0.15, -0.1) is 0 Å². The minimum Gasteiger partial charge on any atom is -0.481 e. The molecule has 1 heterocycles. The number of ether oxygens (including phenoxy) is 1. The second kappa shape index (κ2) is 11.9. The van der Waals surface area contributed by atoms with Crippen molar-refractivity contribution >= 4 is 29.2 Å². The van der Waals surface area contributed by atoms with Gasteiger partial charge in [-0.2, -0.15) is 9.78 Å². The maximum absolute atomic E-state index is 12.3. The van der Waals surface area contributed by atoms with Crippen LogP contribution < -0.4 is 21.3 Å². The molecule has 11 heteroatoms. The smallest absolute Gasteiger partial charge is 0.349 e. The molecule has 0 saturated heterocycles. The van der Waals surface area contributed by atoms with Crippen LogP contribution in [0.3, 0.4) is 0 Å². The molecule has 0 fully saturated rings. The van der Waals surface area contributed by atoms with E-state index in [1.165, 1.54) is 12.1 Å². The van der Waals surface area contributed by atoms with Crippen LogP contribution in [0.25, 0.3) is 5.69 Å². The summed E-state index contributed by atoms with van der Waals surface area (Å²) in [5.74, 6) is -0.400. The van der Waals surface area contributed by atoms with E-state index in [1.54, 1.807) is 7.05 Å². The largest absolute Gasteiger partial charge is 0.481 e. The number of hydrogen-bond donors (Lipinski definition) is 3. The van der Waals surface area contributed by atoms with E-state index in [9.17, 15) is 14.4 Å². The van der Waals surface area contributed by atoms with Crippen LogP contribution in [0.4, 0.5) is 0 Å². The van der Waals surface area contributed by atoms with E-state index in [1.807, 2.05) is 38.8 Å². The number of halogens is 2. The molecule has 35 heavy (non-hydrogen) atoms. The number of hydrogen-bond acceptors (Lipinski definition) is 6. The maximum atomic E-state index is 12.3. The Morgan fingerprint density at radius 3 is 2.40 bits per heavy atom. The molecule has 0 amide bonds. The van der Waals surface area contributed by atoms with E-state index >= 15 is 0 Å². The average molecular weight is 523 g/mol. The molecule has 1 aromatic heterocycles. The van der Waals surface area contributed by atoms with Gasteiger partial charge in [-0.05, 0) is 48.6 Å². The van der Waals surface area contributed by atoms with Gasteiger partial charge < -0.3 is 15.2 Å². The van der Waals surface area contributed by atoms with Crippen molar-refractivity contribution in [2.45, 2.75) is 40.5 Å². The number of rotatable bonds is 10. The highest BCUT2D eigenvalue weighted by molar-refractivity contribution is 6.37. The molecule has 0 radical (unpaired) electrons. The highest BCUT2D eigenvalue weighted by atomic mass is 35.5. The van der Waals surface area contributed by atoms with E-state index in [0.717, 1.165) is 21.5 Å². The van der Waals surface area contributed by atoms with Crippen LogP contribution >= 0.6 is 23.2 Å². The average Bonchev–Trinajstić information content (AvgIpc) is 2.78. The summed E-state index contributed by atoms with van der Waals surface area (Å²) in [6, 6.07) is 2.77. The van der Waals surface area contributed by atoms with Gasteiger partial charge in [-0.1, -0.05) is 50.6 Å². The zero-order chi connectivity index (χ0) is 26.4. The van der Waals surface area contributed by atoms with E-state index in [-0.39, 0.29) is 33.1 Å². The number of benzene rings is 1. The van der Waals surface area contributed by atoms with Gasteiger partial charge in [-0.3, -0.25) is 14.6 Å². The molecule has 0 aliphatic carbocycles. The van der Waals surface area contributed by atoms with Gasteiger partial charge >= 0.3 is 11.7 Å². The maximum Gasteiger partial charge on any atom is 0.349 e. The fourth-order valence-electron chi connectivity index (χ4n) is 3.05. The molecular weight excluding hydrogens is 495 g/mol. The third kappa shape index (κ3) is 6.86. The van der Waals surface area contributed by atoms with E-state index in [4.69, 9.17) is 33.0 Å². The van der Waals surface area contributed by atoms with Crippen molar-refractivity contribution in [3.8, 4) is 11.4 Å². The molecule has 0 atom stereocenters. The zero-order valence-corrected chi connectivity index (χ0v) is 21.7. The van der Waals surface area contributed by atoms with Crippen molar-refractivity contribution in [1.29, 1.82) is 0 Å². The van der Waals surface area contributed by atoms with Crippen molar-refractivity contribution in [3.63, 3.8) is 0 Å². The summed E-state index contributed by atoms with van der Waals surface area (Å²) in [6.45, 7) is 12.0. The van der Waals surface area contributed by atoms with Crippen LogP contribution in [0.1, 0.15) is 39.8 Å². The first kappa shape index (κ1) is 27.9. The minimum atomic E-state index is -1.27. The summed E-state index contributed by atoms with van der Waals surface area (Å²) in [4.78, 5) is 37.3. The van der Waals surface area contributed by atoms with Gasteiger partial charge in [0.1, 0.15) is 11.5 Å². The molecule has 0 bridgehead atoms. The molecule has 2 rings (SSSR count). The zero-order valence-electron chi connectivity index (χ0n) is 20.2. The monoisotopic (exact) mass is 522 g/mol. The van der Waals surface area contributed by atoms with Crippen LogP contribution in [0.2, 0.25) is 10.0 Å². The van der Waals surface area contributed by atoms with Crippen molar-refractivity contribution in [1.82, 2.24) is 20.1 Å². The Morgan fingerprint density at radius 2 is 1.91 bits per heavy atom. The summed E-state index contributed by atoms with van der Waals surface area (Å²) in [6.07, 6.45) is 1.93. The van der Waals surface area contributed by atoms with Gasteiger partial charge in [0, 0.05) is 12.7 Å². The second-order valence-electron chi connectivity index (χ2n) is 8.01. The lowest BCUT2D eigenvalue weighted by atomic mass is 9.98. The van der Waals surface area contributed by atoms with Crippen molar-refractivity contribution < 1.29 is 14.6 Å². The third-order valence-electron chi connectivity index (χ3n) is 5.16. The van der Waals surface area contributed by atoms with Crippen molar-refractivity contribution in [2.75, 3.05) is 7.05 Å². The summed E-state index contributed by atoms with van der Waals surface area (Å²) in [5.41, 5.74) is 0.658. The topological polar surface area (TPSA) is 126 Å². The minimum absolute atomic E-state index is 0.0838. The Morgan fingerprint density at radius 1 is 1.31 bits per heavy atom. The second-order valence-corrected chi connectivity index (χ2v) is 8.82. The fourth-order valence-corrected chi connectivity index (χ4v) is 3.60. The standard InChI is InChI=1S/C24H28Cl2N4O5/c1-7-13(4)20(10-16(12(2)3)14(5)27-6)35-22-17(25)8-15(9-18(22)26)30-24(34)28-23(33)19(29-30)11-21(31)32/h8-10,12,27H,5,7,11H2,1-4,6H3,(H,31,32)(H,28,33,34)/b16-10-,20-13-. The predicted molar refractivity (Wildman–Crippen MR) is 137 cm³/mol. The Hall–Kier alpha value is -3.30. The quantitative estimate of drug-likeness (QED) is 0.314.